The summed E-state index contributed by atoms with van der Waals surface area (Å²) in [7, 11) is 1.69. The van der Waals surface area contributed by atoms with Crippen molar-refractivity contribution in [1.29, 1.82) is 0 Å². The number of aromatic nitrogens is 2. The van der Waals surface area contributed by atoms with Crippen LogP contribution in [0.2, 0.25) is 0 Å². The van der Waals surface area contributed by atoms with Crippen molar-refractivity contribution in [3.05, 3.63) is 90.3 Å². The average molecular weight is 418 g/mol. The molecule has 0 spiro atoms. The molecule has 0 fully saturated rings. The number of benzene rings is 2. The molecule has 0 N–H and O–H groups in total. The van der Waals surface area contributed by atoms with Gasteiger partial charge in [0.25, 0.3) is 5.91 Å². The zero-order valence-corrected chi connectivity index (χ0v) is 17.7. The number of esters is 1. The van der Waals surface area contributed by atoms with Crippen LogP contribution in [0.25, 0.3) is 0 Å². The summed E-state index contributed by atoms with van der Waals surface area (Å²) in [4.78, 5) is 37.0. The summed E-state index contributed by atoms with van der Waals surface area (Å²) in [6, 6.07) is 21.2. The van der Waals surface area contributed by atoms with E-state index in [4.69, 9.17) is 4.74 Å². The van der Waals surface area contributed by atoms with Gasteiger partial charge in [-0.3, -0.25) is 9.59 Å². The molecule has 160 valence electrons. The molecule has 0 aliphatic rings. The lowest BCUT2D eigenvalue weighted by Crippen LogP contribution is -2.40. The van der Waals surface area contributed by atoms with Gasteiger partial charge in [-0.25, -0.2) is 9.97 Å². The highest BCUT2D eigenvalue weighted by atomic mass is 16.5. The fraction of sp³-hybridized carbons (Fsp3) is 0.250. The van der Waals surface area contributed by atoms with Gasteiger partial charge in [0.15, 0.2) is 6.10 Å². The highest BCUT2D eigenvalue weighted by molar-refractivity contribution is 5.84. The number of hydrogen-bond acceptors (Lipinski definition) is 6. The molecule has 1 atom stereocenters. The number of likely N-dealkylation sites (N-methyl/N-ethyl adjacent to an activating group) is 1. The van der Waals surface area contributed by atoms with Crippen molar-refractivity contribution in [3.63, 3.8) is 0 Å². The Labute approximate surface area is 182 Å². The fourth-order valence-corrected chi connectivity index (χ4v) is 3.11. The molecule has 3 rings (SSSR count). The molecule has 0 aliphatic heterocycles. The molecule has 0 saturated carbocycles. The van der Waals surface area contributed by atoms with Crippen molar-refractivity contribution in [2.75, 3.05) is 18.5 Å². The molecular weight excluding hydrogens is 392 g/mol. The maximum absolute atomic E-state index is 13.2. The first-order chi connectivity index (χ1) is 15.0. The quantitative estimate of drug-likeness (QED) is 0.497. The van der Waals surface area contributed by atoms with Crippen LogP contribution in [0.5, 0.6) is 0 Å². The number of carbonyl (C=O) groups excluding carboxylic acids is 2. The SMILES string of the molecule is CC(OC(=O)CN(C)c1ncccn1)C(=O)N(Cc1ccccc1)Cc1ccccc1. The van der Waals surface area contributed by atoms with Crippen LogP contribution in [-0.4, -0.2) is 46.4 Å². The predicted octanol–water partition coefficient (Wildman–Crippen LogP) is 3.07. The molecule has 31 heavy (non-hydrogen) atoms. The van der Waals surface area contributed by atoms with E-state index < -0.39 is 12.1 Å². The Morgan fingerprint density at radius 2 is 1.39 bits per heavy atom. The topological polar surface area (TPSA) is 75.6 Å². The molecule has 2 aromatic carbocycles. The molecule has 1 aromatic heterocycles. The van der Waals surface area contributed by atoms with Crippen molar-refractivity contribution in [2.24, 2.45) is 0 Å². The summed E-state index contributed by atoms with van der Waals surface area (Å²) in [5.74, 6) is -0.358. The second kappa shape index (κ2) is 10.9. The van der Waals surface area contributed by atoms with Gasteiger partial charge in [-0.1, -0.05) is 60.7 Å². The minimum atomic E-state index is -0.912. The van der Waals surface area contributed by atoms with Crippen LogP contribution in [0.1, 0.15) is 18.1 Å². The predicted molar refractivity (Wildman–Crippen MR) is 118 cm³/mol. The van der Waals surface area contributed by atoms with E-state index in [1.807, 2.05) is 60.7 Å². The Morgan fingerprint density at radius 1 is 0.871 bits per heavy atom. The molecule has 1 unspecified atom stereocenters. The smallest absolute Gasteiger partial charge is 0.326 e. The average Bonchev–Trinajstić information content (AvgIpc) is 2.80. The monoisotopic (exact) mass is 418 g/mol. The van der Waals surface area contributed by atoms with E-state index in [0.717, 1.165) is 11.1 Å². The molecule has 3 aromatic rings. The highest BCUT2D eigenvalue weighted by Gasteiger charge is 2.25. The lowest BCUT2D eigenvalue weighted by Gasteiger charge is -2.26. The summed E-state index contributed by atoms with van der Waals surface area (Å²) < 4.78 is 5.43. The van der Waals surface area contributed by atoms with Gasteiger partial charge in [0.1, 0.15) is 6.54 Å². The molecule has 0 saturated heterocycles. The first-order valence-electron chi connectivity index (χ1n) is 10.1. The van der Waals surface area contributed by atoms with Crippen molar-refractivity contribution < 1.29 is 14.3 Å². The number of hydrogen-bond donors (Lipinski definition) is 0. The van der Waals surface area contributed by atoms with Crippen molar-refractivity contribution in [3.8, 4) is 0 Å². The van der Waals surface area contributed by atoms with Crippen LogP contribution in [0.4, 0.5) is 5.95 Å². The van der Waals surface area contributed by atoms with Crippen LogP contribution in [0, 0.1) is 0 Å². The Hall–Kier alpha value is -3.74. The van der Waals surface area contributed by atoms with Crippen molar-refractivity contribution >= 4 is 17.8 Å². The molecule has 1 amide bonds. The lowest BCUT2D eigenvalue weighted by molar-refractivity contribution is -0.158. The molecule has 7 heteroatoms. The van der Waals surface area contributed by atoms with E-state index in [-0.39, 0.29) is 12.5 Å². The molecule has 0 radical (unpaired) electrons. The van der Waals surface area contributed by atoms with E-state index in [0.29, 0.717) is 19.0 Å². The normalized spacial score (nSPS) is 11.4. The van der Waals surface area contributed by atoms with Crippen LogP contribution in [0.15, 0.2) is 79.1 Å². The van der Waals surface area contributed by atoms with Crippen LogP contribution in [0.3, 0.4) is 0 Å². The Balaban J connectivity index is 1.65. The van der Waals surface area contributed by atoms with Crippen LogP contribution in [-0.2, 0) is 27.4 Å². The minimum absolute atomic E-state index is 0.0565. The largest absolute Gasteiger partial charge is 0.451 e. The number of amides is 1. The number of carbonyl (C=O) groups is 2. The van der Waals surface area contributed by atoms with E-state index >= 15 is 0 Å². The van der Waals surface area contributed by atoms with Gasteiger partial charge in [0.2, 0.25) is 5.95 Å². The van der Waals surface area contributed by atoms with Gasteiger partial charge in [0.05, 0.1) is 0 Å². The maximum atomic E-state index is 13.2. The van der Waals surface area contributed by atoms with E-state index in [1.54, 1.807) is 42.2 Å². The minimum Gasteiger partial charge on any atom is -0.451 e. The zero-order chi connectivity index (χ0) is 22.1. The Morgan fingerprint density at radius 3 is 1.90 bits per heavy atom. The molecule has 7 nitrogen and oxygen atoms in total. The zero-order valence-electron chi connectivity index (χ0n) is 17.7. The van der Waals surface area contributed by atoms with Crippen LogP contribution >= 0.6 is 0 Å². The summed E-state index contributed by atoms with van der Waals surface area (Å²) in [5.41, 5.74) is 2.01. The van der Waals surface area contributed by atoms with Crippen LogP contribution < -0.4 is 4.90 Å². The molecule has 1 heterocycles. The second-order valence-corrected chi connectivity index (χ2v) is 7.20. The molecular formula is C24H26N4O3. The van der Waals surface area contributed by atoms with Gasteiger partial charge >= 0.3 is 5.97 Å². The third-order valence-electron chi connectivity index (χ3n) is 4.66. The molecule has 0 bridgehead atoms. The lowest BCUT2D eigenvalue weighted by atomic mass is 10.1. The summed E-state index contributed by atoms with van der Waals surface area (Å²) >= 11 is 0. The van der Waals surface area contributed by atoms with Crippen molar-refractivity contribution in [2.45, 2.75) is 26.1 Å². The van der Waals surface area contributed by atoms with Gasteiger partial charge in [0, 0.05) is 32.5 Å². The van der Waals surface area contributed by atoms with Gasteiger partial charge < -0.3 is 14.5 Å². The summed E-state index contributed by atoms with van der Waals surface area (Å²) in [5, 5.41) is 0. The summed E-state index contributed by atoms with van der Waals surface area (Å²) in [6.07, 6.45) is 2.29. The number of anilines is 1. The number of nitrogens with zero attached hydrogens (tertiary/aromatic N) is 4. The third kappa shape index (κ3) is 6.64. The highest BCUT2D eigenvalue weighted by Crippen LogP contribution is 2.13. The maximum Gasteiger partial charge on any atom is 0.326 e. The Kier molecular flexibility index (Phi) is 7.70. The number of rotatable bonds is 9. The van der Waals surface area contributed by atoms with Gasteiger partial charge in [-0.15, -0.1) is 0 Å². The fourth-order valence-electron chi connectivity index (χ4n) is 3.11. The summed E-state index contributed by atoms with van der Waals surface area (Å²) in [6.45, 7) is 2.39. The van der Waals surface area contributed by atoms with Gasteiger partial charge in [-0.2, -0.15) is 0 Å². The van der Waals surface area contributed by atoms with Crippen molar-refractivity contribution in [1.82, 2.24) is 14.9 Å². The Bertz CT molecular complexity index is 926. The van der Waals surface area contributed by atoms with E-state index in [9.17, 15) is 9.59 Å². The van der Waals surface area contributed by atoms with Gasteiger partial charge in [-0.05, 0) is 24.1 Å². The molecule has 0 aliphatic carbocycles. The van der Waals surface area contributed by atoms with E-state index in [1.165, 1.54) is 0 Å². The standard InChI is InChI=1S/C24H26N4O3/c1-19(31-22(29)18-27(2)24-25-14-9-15-26-24)23(30)28(16-20-10-5-3-6-11-20)17-21-12-7-4-8-13-21/h3-15,19H,16-18H2,1-2H3. The number of ether oxygens (including phenoxy) is 1. The third-order valence-corrected chi connectivity index (χ3v) is 4.66. The first kappa shape index (κ1) is 22.0. The van der Waals surface area contributed by atoms with E-state index in [2.05, 4.69) is 9.97 Å². The second-order valence-electron chi connectivity index (χ2n) is 7.20. The first-order valence-corrected chi connectivity index (χ1v) is 10.1.